The molecule has 0 saturated carbocycles. The molecule has 0 aromatic heterocycles. The maximum Gasteiger partial charge on any atom is 0.0338 e. The molecule has 2 atom stereocenters. The molecule has 1 N–H and O–H groups in total. The van der Waals surface area contributed by atoms with Gasteiger partial charge in [0.25, 0.3) is 0 Å². The summed E-state index contributed by atoms with van der Waals surface area (Å²) in [6.45, 7) is 16.9. The smallest absolute Gasteiger partial charge is 0.0338 e. The normalized spacial score (nSPS) is 14.4. The van der Waals surface area contributed by atoms with Crippen molar-refractivity contribution in [1.82, 2.24) is 5.32 Å². The van der Waals surface area contributed by atoms with Crippen LogP contribution < -0.4 is 5.32 Å². The number of hydrogen-bond acceptors (Lipinski definition) is 1. The van der Waals surface area contributed by atoms with Crippen molar-refractivity contribution < 1.29 is 0 Å². The molecule has 0 saturated heterocycles. The molecule has 0 spiro atoms. The lowest BCUT2D eigenvalue weighted by atomic mass is 9.98. The molecular formula is C19H37N. The molecule has 0 aliphatic rings. The van der Waals surface area contributed by atoms with E-state index in [9.17, 15) is 0 Å². The summed E-state index contributed by atoms with van der Waals surface area (Å²) < 4.78 is 0. The van der Waals surface area contributed by atoms with Crippen molar-refractivity contribution >= 4 is 0 Å². The summed E-state index contributed by atoms with van der Waals surface area (Å²) in [7, 11) is 0. The molecule has 0 aliphatic carbocycles. The van der Waals surface area contributed by atoms with Crippen LogP contribution >= 0.6 is 0 Å². The highest BCUT2D eigenvalue weighted by molar-refractivity contribution is 5.21. The van der Waals surface area contributed by atoms with Gasteiger partial charge in [-0.2, -0.15) is 0 Å². The minimum Gasteiger partial charge on any atom is -0.382 e. The fourth-order valence-electron chi connectivity index (χ4n) is 1.92. The standard InChI is InChI=1S/C14H25N.C5H12/c1-6-9-12(4)13(5)15-14(10-7-2)11-8-3;1-3-5-4-2/h7-8,10-13,15H,2,6,9H2,1,3-5H3;3-5H2,1-2H3/b11-8-,14-10+;. The Bertz CT molecular complexity index is 261. The van der Waals surface area contributed by atoms with Crippen molar-refractivity contribution in [3.05, 3.63) is 36.6 Å². The average molecular weight is 280 g/mol. The number of rotatable bonds is 9. The second-order valence-corrected chi connectivity index (χ2v) is 5.41. The first-order chi connectivity index (χ1) is 9.56. The molecule has 0 heterocycles. The lowest BCUT2D eigenvalue weighted by Crippen LogP contribution is -2.30. The van der Waals surface area contributed by atoms with E-state index < -0.39 is 0 Å². The lowest BCUT2D eigenvalue weighted by Gasteiger charge is -2.22. The van der Waals surface area contributed by atoms with Gasteiger partial charge in [-0.25, -0.2) is 0 Å². The zero-order valence-corrected chi connectivity index (χ0v) is 14.7. The molecule has 1 heteroatoms. The SMILES string of the molecule is C=C/C=C(\C=C/C)NC(C)C(C)CCC.CCCCC. The second kappa shape index (κ2) is 16.1. The van der Waals surface area contributed by atoms with E-state index in [1.807, 2.05) is 25.2 Å². The van der Waals surface area contributed by atoms with Crippen LogP contribution in [0.15, 0.2) is 36.6 Å². The predicted molar refractivity (Wildman–Crippen MR) is 95.0 cm³/mol. The van der Waals surface area contributed by atoms with E-state index in [2.05, 4.69) is 52.6 Å². The quantitative estimate of drug-likeness (QED) is 0.492. The molecule has 0 aromatic rings. The minimum absolute atomic E-state index is 0.507. The fraction of sp³-hybridized carbons (Fsp3) is 0.684. The second-order valence-electron chi connectivity index (χ2n) is 5.41. The number of unbranched alkanes of at least 4 members (excludes halogenated alkanes) is 2. The van der Waals surface area contributed by atoms with Gasteiger partial charge in [0.15, 0.2) is 0 Å². The van der Waals surface area contributed by atoms with E-state index in [-0.39, 0.29) is 0 Å². The van der Waals surface area contributed by atoms with Gasteiger partial charge in [0, 0.05) is 11.7 Å². The first kappa shape index (κ1) is 21.3. The van der Waals surface area contributed by atoms with E-state index in [4.69, 9.17) is 0 Å². The van der Waals surface area contributed by atoms with Crippen LogP contribution in [0.2, 0.25) is 0 Å². The Labute approximate surface area is 128 Å². The Balaban J connectivity index is 0. The molecule has 0 amide bonds. The van der Waals surface area contributed by atoms with Gasteiger partial charge >= 0.3 is 0 Å². The summed E-state index contributed by atoms with van der Waals surface area (Å²) in [4.78, 5) is 0. The topological polar surface area (TPSA) is 12.0 Å². The molecule has 118 valence electrons. The molecule has 1 nitrogen and oxygen atoms in total. The van der Waals surface area contributed by atoms with E-state index in [0.29, 0.717) is 12.0 Å². The number of allylic oxidation sites excluding steroid dienone is 4. The third kappa shape index (κ3) is 13.5. The summed E-state index contributed by atoms with van der Waals surface area (Å²) in [5, 5.41) is 3.51. The van der Waals surface area contributed by atoms with Crippen LogP contribution in [0.5, 0.6) is 0 Å². The molecular weight excluding hydrogens is 242 g/mol. The summed E-state index contributed by atoms with van der Waals surface area (Å²) in [6, 6.07) is 0.507. The molecule has 0 radical (unpaired) electrons. The molecule has 0 rings (SSSR count). The molecule has 0 aliphatic heterocycles. The Morgan fingerprint density at radius 1 is 1.10 bits per heavy atom. The Hall–Kier alpha value is -0.980. The van der Waals surface area contributed by atoms with Crippen LogP contribution in [0.4, 0.5) is 0 Å². The van der Waals surface area contributed by atoms with Gasteiger partial charge in [-0.05, 0) is 38.3 Å². The summed E-state index contributed by atoms with van der Waals surface area (Å²) in [6.07, 6.45) is 14.5. The zero-order valence-electron chi connectivity index (χ0n) is 14.7. The fourth-order valence-corrected chi connectivity index (χ4v) is 1.92. The van der Waals surface area contributed by atoms with E-state index in [1.165, 1.54) is 32.1 Å². The Morgan fingerprint density at radius 2 is 1.70 bits per heavy atom. The van der Waals surface area contributed by atoms with Crippen molar-refractivity contribution in [2.75, 3.05) is 0 Å². The van der Waals surface area contributed by atoms with Crippen molar-refractivity contribution in [2.24, 2.45) is 5.92 Å². The number of hydrogen-bond donors (Lipinski definition) is 1. The summed E-state index contributed by atoms with van der Waals surface area (Å²) in [5.74, 6) is 0.702. The minimum atomic E-state index is 0.507. The predicted octanol–water partition coefficient (Wildman–Crippen LogP) is 6.24. The third-order valence-electron chi connectivity index (χ3n) is 3.34. The Kier molecular flexibility index (Phi) is 17.1. The van der Waals surface area contributed by atoms with Crippen LogP contribution in [0.25, 0.3) is 0 Å². The lowest BCUT2D eigenvalue weighted by molar-refractivity contribution is 0.402. The van der Waals surface area contributed by atoms with Crippen LogP contribution in [0, 0.1) is 5.92 Å². The average Bonchev–Trinajstić information content (AvgIpc) is 2.41. The largest absolute Gasteiger partial charge is 0.382 e. The van der Waals surface area contributed by atoms with Crippen molar-refractivity contribution in [1.29, 1.82) is 0 Å². The molecule has 2 unspecified atom stereocenters. The van der Waals surface area contributed by atoms with Gasteiger partial charge < -0.3 is 5.32 Å². The van der Waals surface area contributed by atoms with Gasteiger partial charge in [-0.3, -0.25) is 0 Å². The highest BCUT2D eigenvalue weighted by Crippen LogP contribution is 2.11. The van der Waals surface area contributed by atoms with Gasteiger partial charge in [0.2, 0.25) is 0 Å². The molecule has 0 aromatic carbocycles. The van der Waals surface area contributed by atoms with Gasteiger partial charge in [-0.1, -0.05) is 72.1 Å². The molecule has 20 heavy (non-hydrogen) atoms. The van der Waals surface area contributed by atoms with Crippen molar-refractivity contribution in [3.63, 3.8) is 0 Å². The zero-order chi connectivity index (χ0) is 15.8. The van der Waals surface area contributed by atoms with Crippen LogP contribution in [-0.4, -0.2) is 6.04 Å². The highest BCUT2D eigenvalue weighted by atomic mass is 14.9. The van der Waals surface area contributed by atoms with Gasteiger partial charge in [0.05, 0.1) is 0 Å². The third-order valence-corrected chi connectivity index (χ3v) is 3.34. The van der Waals surface area contributed by atoms with Crippen LogP contribution in [0.3, 0.4) is 0 Å². The summed E-state index contributed by atoms with van der Waals surface area (Å²) in [5.41, 5.74) is 1.14. The van der Waals surface area contributed by atoms with E-state index in [0.717, 1.165) is 5.70 Å². The van der Waals surface area contributed by atoms with E-state index >= 15 is 0 Å². The monoisotopic (exact) mass is 279 g/mol. The first-order valence-corrected chi connectivity index (χ1v) is 8.29. The maximum absolute atomic E-state index is 3.72. The van der Waals surface area contributed by atoms with E-state index in [1.54, 1.807) is 0 Å². The summed E-state index contributed by atoms with van der Waals surface area (Å²) >= 11 is 0. The molecule has 0 bridgehead atoms. The van der Waals surface area contributed by atoms with Crippen molar-refractivity contribution in [3.8, 4) is 0 Å². The van der Waals surface area contributed by atoms with Crippen molar-refractivity contribution in [2.45, 2.75) is 79.7 Å². The first-order valence-electron chi connectivity index (χ1n) is 8.29. The maximum atomic E-state index is 3.72. The van der Waals surface area contributed by atoms with Gasteiger partial charge in [-0.15, -0.1) is 0 Å². The molecule has 0 fully saturated rings. The van der Waals surface area contributed by atoms with Gasteiger partial charge in [0.1, 0.15) is 0 Å². The van der Waals surface area contributed by atoms with Crippen LogP contribution in [0.1, 0.15) is 73.6 Å². The van der Waals surface area contributed by atoms with Crippen LogP contribution in [-0.2, 0) is 0 Å². The number of nitrogens with one attached hydrogen (secondary N) is 1. The Morgan fingerprint density at radius 3 is 2.05 bits per heavy atom. The highest BCUT2D eigenvalue weighted by Gasteiger charge is 2.10.